The first-order valence-corrected chi connectivity index (χ1v) is 7.47. The molecule has 0 aliphatic carbocycles. The third-order valence-corrected chi connectivity index (χ3v) is 3.85. The number of carbonyl (C=O) groups excluding carboxylic acids is 1. The molecule has 2 unspecified atom stereocenters. The first-order chi connectivity index (χ1) is 9.58. The number of carboxylic acid groups (broad SMARTS) is 1. The number of rotatable bonds is 6. The molecule has 1 heterocycles. The average Bonchev–Trinajstić information content (AvgIpc) is 2.64. The van der Waals surface area contributed by atoms with Gasteiger partial charge in [0, 0.05) is 26.1 Å². The van der Waals surface area contributed by atoms with Crippen molar-refractivity contribution in [1.82, 2.24) is 10.2 Å². The van der Waals surface area contributed by atoms with Crippen LogP contribution in [0.15, 0.2) is 0 Å². The molecule has 6 nitrogen and oxygen atoms in total. The molecule has 1 aliphatic rings. The summed E-state index contributed by atoms with van der Waals surface area (Å²) in [5, 5.41) is 20.3. The molecule has 0 aromatic rings. The molecular weight excluding hydrogens is 260 g/mol. The number of urea groups is 1. The fourth-order valence-corrected chi connectivity index (χ4v) is 2.69. The number of amides is 2. The maximum Gasteiger partial charge on any atom is 0.326 e. The third-order valence-electron chi connectivity index (χ3n) is 3.85. The molecule has 2 amide bonds. The molecule has 2 atom stereocenters. The predicted molar refractivity (Wildman–Crippen MR) is 75.5 cm³/mol. The van der Waals surface area contributed by atoms with Crippen LogP contribution < -0.4 is 5.32 Å². The Morgan fingerprint density at radius 1 is 1.35 bits per heavy atom. The molecular formula is C14H26N2O4. The van der Waals surface area contributed by atoms with Crippen molar-refractivity contribution in [2.75, 3.05) is 19.7 Å². The van der Waals surface area contributed by atoms with E-state index in [1.165, 1.54) is 6.42 Å². The van der Waals surface area contributed by atoms with Crippen molar-refractivity contribution in [1.29, 1.82) is 0 Å². The van der Waals surface area contributed by atoms with E-state index >= 15 is 0 Å². The standard InChI is InChI=1S/C14H26N2O4/c1-2-4-11-5-3-8-16(9-6-11)14(20)15-12(7-10-17)13(18)19/h11-12,17H,2-10H2,1H3,(H,15,20)(H,18,19). The molecule has 1 saturated heterocycles. The van der Waals surface area contributed by atoms with Crippen molar-refractivity contribution in [3.05, 3.63) is 0 Å². The number of carboxylic acids is 1. The summed E-state index contributed by atoms with van der Waals surface area (Å²) in [5.74, 6) is -0.434. The fourth-order valence-electron chi connectivity index (χ4n) is 2.69. The van der Waals surface area contributed by atoms with Gasteiger partial charge in [-0.2, -0.15) is 0 Å². The first kappa shape index (κ1) is 16.8. The number of hydrogen-bond donors (Lipinski definition) is 3. The lowest BCUT2D eigenvalue weighted by Gasteiger charge is -2.23. The lowest BCUT2D eigenvalue weighted by Crippen LogP contribution is -2.48. The zero-order chi connectivity index (χ0) is 15.0. The van der Waals surface area contributed by atoms with E-state index in [2.05, 4.69) is 12.2 Å². The van der Waals surface area contributed by atoms with Crippen molar-refractivity contribution in [3.8, 4) is 0 Å². The van der Waals surface area contributed by atoms with Crippen molar-refractivity contribution in [2.45, 2.75) is 51.5 Å². The quantitative estimate of drug-likeness (QED) is 0.689. The van der Waals surface area contributed by atoms with Gasteiger partial charge >= 0.3 is 12.0 Å². The highest BCUT2D eigenvalue weighted by Gasteiger charge is 2.24. The summed E-state index contributed by atoms with van der Waals surface area (Å²) in [4.78, 5) is 24.7. The minimum Gasteiger partial charge on any atom is -0.480 e. The minimum atomic E-state index is -1.11. The molecule has 0 bridgehead atoms. The molecule has 0 aromatic heterocycles. The number of likely N-dealkylation sites (tertiary alicyclic amines) is 1. The Morgan fingerprint density at radius 2 is 2.10 bits per heavy atom. The maximum absolute atomic E-state index is 12.1. The van der Waals surface area contributed by atoms with E-state index in [0.717, 1.165) is 25.7 Å². The van der Waals surface area contributed by atoms with Crippen LogP contribution in [0.1, 0.15) is 45.4 Å². The van der Waals surface area contributed by atoms with Crippen LogP contribution in [0.5, 0.6) is 0 Å². The van der Waals surface area contributed by atoms with Crippen molar-refractivity contribution in [3.63, 3.8) is 0 Å². The van der Waals surface area contributed by atoms with E-state index in [0.29, 0.717) is 19.0 Å². The molecule has 116 valence electrons. The monoisotopic (exact) mass is 286 g/mol. The largest absolute Gasteiger partial charge is 0.480 e. The highest BCUT2D eigenvalue weighted by Crippen LogP contribution is 2.21. The van der Waals surface area contributed by atoms with Gasteiger partial charge in [0.05, 0.1) is 0 Å². The van der Waals surface area contributed by atoms with Crippen LogP contribution in [0.3, 0.4) is 0 Å². The third kappa shape index (κ3) is 5.36. The number of carbonyl (C=O) groups is 2. The molecule has 0 radical (unpaired) electrons. The van der Waals surface area contributed by atoms with Crippen LogP contribution in [0, 0.1) is 5.92 Å². The Kier molecular flexibility index (Phi) is 7.36. The Bertz CT molecular complexity index is 322. The summed E-state index contributed by atoms with van der Waals surface area (Å²) in [6, 6.07) is -1.34. The van der Waals surface area contributed by atoms with Gasteiger partial charge in [0.2, 0.25) is 0 Å². The Morgan fingerprint density at radius 3 is 2.70 bits per heavy atom. The molecule has 1 rings (SSSR count). The van der Waals surface area contributed by atoms with Gasteiger partial charge in [-0.1, -0.05) is 19.8 Å². The zero-order valence-electron chi connectivity index (χ0n) is 12.2. The number of hydrogen-bond acceptors (Lipinski definition) is 3. The molecule has 0 aromatic carbocycles. The number of aliphatic hydroxyl groups excluding tert-OH is 1. The molecule has 0 spiro atoms. The molecule has 1 fully saturated rings. The fraction of sp³-hybridized carbons (Fsp3) is 0.857. The van der Waals surface area contributed by atoms with E-state index in [1.54, 1.807) is 4.90 Å². The van der Waals surface area contributed by atoms with E-state index in [4.69, 9.17) is 10.2 Å². The van der Waals surface area contributed by atoms with Gasteiger partial charge in [-0.05, 0) is 25.2 Å². The van der Waals surface area contributed by atoms with Crippen molar-refractivity contribution in [2.24, 2.45) is 5.92 Å². The summed E-state index contributed by atoms with van der Waals surface area (Å²) in [6.07, 6.45) is 5.48. The predicted octanol–water partition coefficient (Wildman–Crippen LogP) is 1.43. The normalized spacial score (nSPS) is 21.1. The summed E-state index contributed by atoms with van der Waals surface area (Å²) < 4.78 is 0. The number of nitrogens with one attached hydrogen (secondary N) is 1. The minimum absolute atomic E-state index is 0.0351. The molecule has 20 heavy (non-hydrogen) atoms. The lowest BCUT2D eigenvalue weighted by molar-refractivity contribution is -0.139. The van der Waals surface area contributed by atoms with Crippen LogP contribution in [0.25, 0.3) is 0 Å². The summed E-state index contributed by atoms with van der Waals surface area (Å²) in [5.41, 5.74) is 0. The second-order valence-corrected chi connectivity index (χ2v) is 5.43. The SMILES string of the molecule is CCCC1CCCN(C(=O)NC(CCO)C(=O)O)CC1. The topological polar surface area (TPSA) is 89.9 Å². The summed E-state index contributed by atoms with van der Waals surface area (Å²) in [6.45, 7) is 3.27. The Hall–Kier alpha value is -1.30. The van der Waals surface area contributed by atoms with E-state index in [-0.39, 0.29) is 19.1 Å². The molecule has 6 heteroatoms. The Labute approximate surface area is 120 Å². The first-order valence-electron chi connectivity index (χ1n) is 7.47. The van der Waals surface area contributed by atoms with Crippen LogP contribution >= 0.6 is 0 Å². The average molecular weight is 286 g/mol. The lowest BCUT2D eigenvalue weighted by atomic mass is 9.96. The highest BCUT2D eigenvalue weighted by molar-refractivity contribution is 5.82. The molecule has 1 aliphatic heterocycles. The highest BCUT2D eigenvalue weighted by atomic mass is 16.4. The maximum atomic E-state index is 12.1. The smallest absolute Gasteiger partial charge is 0.326 e. The Balaban J connectivity index is 2.48. The number of aliphatic carboxylic acids is 1. The number of nitrogens with zero attached hydrogens (tertiary/aromatic N) is 1. The van der Waals surface area contributed by atoms with Crippen LogP contribution in [-0.4, -0.2) is 52.9 Å². The van der Waals surface area contributed by atoms with Gasteiger partial charge in [-0.25, -0.2) is 9.59 Å². The van der Waals surface area contributed by atoms with E-state index < -0.39 is 12.0 Å². The molecule has 0 saturated carbocycles. The van der Waals surface area contributed by atoms with E-state index in [1.807, 2.05) is 0 Å². The van der Waals surface area contributed by atoms with Crippen molar-refractivity contribution < 1.29 is 19.8 Å². The van der Waals surface area contributed by atoms with E-state index in [9.17, 15) is 9.59 Å². The van der Waals surface area contributed by atoms with Gasteiger partial charge in [-0.3, -0.25) is 0 Å². The summed E-state index contributed by atoms with van der Waals surface area (Å²) in [7, 11) is 0. The van der Waals surface area contributed by atoms with Crippen LogP contribution in [0.2, 0.25) is 0 Å². The van der Waals surface area contributed by atoms with Gasteiger partial charge < -0.3 is 20.4 Å². The van der Waals surface area contributed by atoms with Gasteiger partial charge in [0.15, 0.2) is 0 Å². The molecule has 3 N–H and O–H groups in total. The second-order valence-electron chi connectivity index (χ2n) is 5.43. The summed E-state index contributed by atoms with van der Waals surface area (Å²) >= 11 is 0. The van der Waals surface area contributed by atoms with Crippen molar-refractivity contribution >= 4 is 12.0 Å². The zero-order valence-corrected chi connectivity index (χ0v) is 12.2. The van der Waals surface area contributed by atoms with Crippen LogP contribution in [-0.2, 0) is 4.79 Å². The van der Waals surface area contributed by atoms with Gasteiger partial charge in [0.1, 0.15) is 6.04 Å². The van der Waals surface area contributed by atoms with Crippen LogP contribution in [0.4, 0.5) is 4.79 Å². The van der Waals surface area contributed by atoms with Gasteiger partial charge in [0.25, 0.3) is 0 Å². The second kappa shape index (κ2) is 8.79. The number of aliphatic hydroxyl groups is 1. The van der Waals surface area contributed by atoms with Gasteiger partial charge in [-0.15, -0.1) is 0 Å².